The van der Waals surface area contributed by atoms with Crippen LogP contribution < -0.4 is 10.2 Å². The highest BCUT2D eigenvalue weighted by molar-refractivity contribution is 5.57. The summed E-state index contributed by atoms with van der Waals surface area (Å²) in [5, 5.41) is 3.26. The Morgan fingerprint density at radius 2 is 2.06 bits per heavy atom. The molecule has 1 atom stereocenters. The highest BCUT2D eigenvalue weighted by atomic mass is 15.2. The van der Waals surface area contributed by atoms with E-state index in [4.69, 9.17) is 0 Å². The quantitative estimate of drug-likeness (QED) is 0.824. The van der Waals surface area contributed by atoms with Gasteiger partial charge in [-0.25, -0.2) is 9.97 Å². The van der Waals surface area contributed by atoms with Crippen LogP contribution in [0.15, 0.2) is 6.33 Å². The number of hydrogen-bond donors (Lipinski definition) is 1. The molecule has 0 amide bonds. The van der Waals surface area contributed by atoms with Crippen LogP contribution >= 0.6 is 0 Å². The van der Waals surface area contributed by atoms with Crippen LogP contribution in [0.3, 0.4) is 0 Å². The number of hydrogen-bond acceptors (Lipinski definition) is 4. The number of nitrogens with zero attached hydrogens (tertiary/aromatic N) is 3. The van der Waals surface area contributed by atoms with Gasteiger partial charge in [0.1, 0.15) is 18.0 Å². The smallest absolute Gasteiger partial charge is 0.137 e. The van der Waals surface area contributed by atoms with Crippen molar-refractivity contribution < 1.29 is 0 Å². The standard InChI is InChI=1S/C13H24N4/c1-6-8-10(3)17(5)13-11(4)12(14-7-2)15-9-16-13/h9-10H,6-8H2,1-5H3,(H,14,15,16). The summed E-state index contributed by atoms with van der Waals surface area (Å²) in [6.45, 7) is 9.47. The fraction of sp³-hybridized carbons (Fsp3) is 0.692. The minimum atomic E-state index is 0.503. The SMILES string of the molecule is CCCC(C)N(C)c1ncnc(NCC)c1C. The Morgan fingerprint density at radius 1 is 1.35 bits per heavy atom. The van der Waals surface area contributed by atoms with E-state index in [2.05, 4.69) is 54.9 Å². The number of aromatic nitrogens is 2. The largest absolute Gasteiger partial charge is 0.370 e. The first-order valence-electron chi connectivity index (χ1n) is 6.40. The molecule has 0 aromatic carbocycles. The molecule has 0 saturated carbocycles. The summed E-state index contributed by atoms with van der Waals surface area (Å²) in [4.78, 5) is 10.9. The van der Waals surface area contributed by atoms with Gasteiger partial charge in [-0.1, -0.05) is 13.3 Å². The van der Waals surface area contributed by atoms with Gasteiger partial charge < -0.3 is 10.2 Å². The van der Waals surface area contributed by atoms with E-state index in [1.54, 1.807) is 6.33 Å². The summed E-state index contributed by atoms with van der Waals surface area (Å²) in [6, 6.07) is 0.503. The van der Waals surface area contributed by atoms with Gasteiger partial charge in [-0.3, -0.25) is 0 Å². The Labute approximate surface area is 104 Å². The van der Waals surface area contributed by atoms with Crippen molar-refractivity contribution in [3.8, 4) is 0 Å². The second-order valence-corrected chi connectivity index (χ2v) is 4.45. The minimum absolute atomic E-state index is 0.503. The van der Waals surface area contributed by atoms with E-state index in [0.29, 0.717) is 6.04 Å². The summed E-state index contributed by atoms with van der Waals surface area (Å²) in [5.41, 5.74) is 1.12. The third kappa shape index (κ3) is 3.32. The van der Waals surface area contributed by atoms with Gasteiger partial charge in [-0.2, -0.15) is 0 Å². The van der Waals surface area contributed by atoms with Crippen molar-refractivity contribution in [3.63, 3.8) is 0 Å². The monoisotopic (exact) mass is 236 g/mol. The van der Waals surface area contributed by atoms with Crippen molar-refractivity contribution in [1.29, 1.82) is 0 Å². The second kappa shape index (κ2) is 6.42. The van der Waals surface area contributed by atoms with E-state index < -0.39 is 0 Å². The molecule has 1 rings (SSSR count). The number of anilines is 2. The molecule has 0 aliphatic carbocycles. The van der Waals surface area contributed by atoms with Crippen molar-refractivity contribution in [2.45, 2.75) is 46.6 Å². The normalized spacial score (nSPS) is 12.3. The molecule has 1 aromatic rings. The van der Waals surface area contributed by atoms with Crippen molar-refractivity contribution >= 4 is 11.6 Å². The highest BCUT2D eigenvalue weighted by Gasteiger charge is 2.14. The molecule has 1 aromatic heterocycles. The lowest BCUT2D eigenvalue weighted by Crippen LogP contribution is -2.30. The lowest BCUT2D eigenvalue weighted by atomic mass is 10.1. The van der Waals surface area contributed by atoms with Crippen LogP contribution in [0.4, 0.5) is 11.6 Å². The Balaban J connectivity index is 2.93. The molecule has 4 heteroatoms. The van der Waals surface area contributed by atoms with Crippen molar-refractivity contribution in [2.24, 2.45) is 0 Å². The molecular formula is C13H24N4. The van der Waals surface area contributed by atoms with Gasteiger partial charge >= 0.3 is 0 Å². The lowest BCUT2D eigenvalue weighted by molar-refractivity contribution is 0.609. The van der Waals surface area contributed by atoms with Gasteiger partial charge in [0.15, 0.2) is 0 Å². The van der Waals surface area contributed by atoms with E-state index >= 15 is 0 Å². The van der Waals surface area contributed by atoms with Gasteiger partial charge in [-0.05, 0) is 27.2 Å². The van der Waals surface area contributed by atoms with Gasteiger partial charge in [0.2, 0.25) is 0 Å². The minimum Gasteiger partial charge on any atom is -0.370 e. The predicted octanol–water partition coefficient (Wildman–Crippen LogP) is 2.84. The summed E-state index contributed by atoms with van der Waals surface area (Å²) in [5.74, 6) is 1.96. The molecule has 17 heavy (non-hydrogen) atoms. The van der Waals surface area contributed by atoms with Crippen LogP contribution in [0.25, 0.3) is 0 Å². The third-order valence-electron chi connectivity index (χ3n) is 3.10. The zero-order valence-electron chi connectivity index (χ0n) is 11.6. The number of nitrogens with one attached hydrogen (secondary N) is 1. The van der Waals surface area contributed by atoms with E-state index in [0.717, 1.165) is 23.7 Å². The average molecular weight is 236 g/mol. The van der Waals surface area contributed by atoms with Crippen LogP contribution in [0, 0.1) is 6.92 Å². The predicted molar refractivity (Wildman–Crippen MR) is 73.7 cm³/mol. The molecule has 0 spiro atoms. The fourth-order valence-corrected chi connectivity index (χ4v) is 1.96. The van der Waals surface area contributed by atoms with Crippen LogP contribution in [-0.4, -0.2) is 29.6 Å². The fourth-order valence-electron chi connectivity index (χ4n) is 1.96. The highest BCUT2D eigenvalue weighted by Crippen LogP contribution is 2.23. The molecule has 0 saturated heterocycles. The van der Waals surface area contributed by atoms with Gasteiger partial charge in [0.25, 0.3) is 0 Å². The third-order valence-corrected chi connectivity index (χ3v) is 3.10. The Kier molecular flexibility index (Phi) is 5.19. The molecule has 0 aliphatic heterocycles. The summed E-state index contributed by atoms with van der Waals surface area (Å²) in [6.07, 6.45) is 4.00. The van der Waals surface area contributed by atoms with Crippen LogP contribution in [0.5, 0.6) is 0 Å². The molecule has 0 radical (unpaired) electrons. The topological polar surface area (TPSA) is 41.1 Å². The second-order valence-electron chi connectivity index (χ2n) is 4.45. The lowest BCUT2D eigenvalue weighted by Gasteiger charge is -2.27. The molecule has 0 fully saturated rings. The van der Waals surface area contributed by atoms with Crippen molar-refractivity contribution in [3.05, 3.63) is 11.9 Å². The Morgan fingerprint density at radius 3 is 2.65 bits per heavy atom. The van der Waals surface area contributed by atoms with E-state index in [-0.39, 0.29) is 0 Å². The first-order valence-corrected chi connectivity index (χ1v) is 6.40. The van der Waals surface area contributed by atoms with Gasteiger partial charge in [-0.15, -0.1) is 0 Å². The summed E-state index contributed by atoms with van der Waals surface area (Å²) >= 11 is 0. The maximum Gasteiger partial charge on any atom is 0.137 e. The first kappa shape index (κ1) is 13.7. The van der Waals surface area contributed by atoms with E-state index in [1.165, 1.54) is 12.8 Å². The van der Waals surface area contributed by atoms with Crippen LogP contribution in [0.2, 0.25) is 0 Å². The molecule has 1 N–H and O–H groups in total. The van der Waals surface area contributed by atoms with Crippen LogP contribution in [-0.2, 0) is 0 Å². The van der Waals surface area contributed by atoms with E-state index in [1.807, 2.05) is 0 Å². The molecule has 1 unspecified atom stereocenters. The Bertz CT molecular complexity index is 351. The zero-order chi connectivity index (χ0) is 12.8. The molecule has 1 heterocycles. The molecule has 0 aliphatic rings. The van der Waals surface area contributed by atoms with Gasteiger partial charge in [0, 0.05) is 25.2 Å². The maximum atomic E-state index is 4.40. The van der Waals surface area contributed by atoms with Crippen LogP contribution in [0.1, 0.15) is 39.2 Å². The molecule has 96 valence electrons. The van der Waals surface area contributed by atoms with Gasteiger partial charge in [0.05, 0.1) is 0 Å². The number of rotatable bonds is 6. The maximum absolute atomic E-state index is 4.40. The average Bonchev–Trinajstić information content (AvgIpc) is 2.31. The molecule has 0 bridgehead atoms. The zero-order valence-corrected chi connectivity index (χ0v) is 11.6. The molecule has 4 nitrogen and oxygen atoms in total. The van der Waals surface area contributed by atoms with Crippen molar-refractivity contribution in [2.75, 3.05) is 23.8 Å². The first-order chi connectivity index (χ1) is 8.11. The van der Waals surface area contributed by atoms with Crippen molar-refractivity contribution in [1.82, 2.24) is 9.97 Å². The Hall–Kier alpha value is -1.32. The molecular weight excluding hydrogens is 212 g/mol. The van der Waals surface area contributed by atoms with E-state index in [9.17, 15) is 0 Å². The summed E-state index contributed by atoms with van der Waals surface area (Å²) < 4.78 is 0. The summed E-state index contributed by atoms with van der Waals surface area (Å²) in [7, 11) is 2.10.